The van der Waals surface area contributed by atoms with Gasteiger partial charge in [0.15, 0.2) is 0 Å². The van der Waals surface area contributed by atoms with Gasteiger partial charge in [0.05, 0.1) is 12.2 Å². The van der Waals surface area contributed by atoms with Crippen LogP contribution < -0.4 is 0 Å². The molecule has 1 unspecified atom stereocenters. The summed E-state index contributed by atoms with van der Waals surface area (Å²) in [5.41, 5.74) is 7.76. The van der Waals surface area contributed by atoms with Crippen LogP contribution in [0, 0.1) is 40.4 Å². The molecule has 0 aromatic carbocycles. The Kier molecular flexibility index (Phi) is 13.1. The first-order valence-corrected chi connectivity index (χ1v) is 15.1. The fraction of sp³-hybridized carbons (Fsp3) is 0.450. The lowest BCUT2D eigenvalue weighted by molar-refractivity contribution is 0.117. The van der Waals surface area contributed by atoms with Gasteiger partial charge in [0.1, 0.15) is 0 Å². The van der Waals surface area contributed by atoms with E-state index in [1.807, 2.05) is 56.4 Å². The quantitative estimate of drug-likeness (QED) is 0.192. The number of hydrogen-bond donors (Lipinski definition) is 2. The van der Waals surface area contributed by atoms with Crippen LogP contribution in [-0.2, 0) is 0 Å². The highest BCUT2D eigenvalue weighted by Gasteiger charge is 2.35. The van der Waals surface area contributed by atoms with E-state index in [-0.39, 0.29) is 29.0 Å². The molecule has 0 bridgehead atoms. The minimum absolute atomic E-state index is 0.0319. The molecule has 2 N–H and O–H groups in total. The topological polar surface area (TPSA) is 40.5 Å². The predicted molar refractivity (Wildman–Crippen MR) is 181 cm³/mol. The van der Waals surface area contributed by atoms with Gasteiger partial charge in [-0.15, -0.1) is 0 Å². The van der Waals surface area contributed by atoms with E-state index in [1.165, 1.54) is 5.57 Å². The second kappa shape index (κ2) is 15.8. The Bertz CT molecular complexity index is 1380. The molecule has 3 atom stereocenters. The highest BCUT2D eigenvalue weighted by molar-refractivity contribution is 5.45. The monoisotopic (exact) mass is 564 g/mol. The minimum atomic E-state index is -0.367. The molecular weight excluding hydrogens is 512 g/mol. The summed E-state index contributed by atoms with van der Waals surface area (Å²) in [4.78, 5) is 0. The van der Waals surface area contributed by atoms with Crippen molar-refractivity contribution in [3.05, 3.63) is 106 Å². The second-order valence-electron chi connectivity index (χ2n) is 13.3. The van der Waals surface area contributed by atoms with Gasteiger partial charge < -0.3 is 10.2 Å². The largest absolute Gasteiger partial charge is 0.393 e. The van der Waals surface area contributed by atoms with Crippen molar-refractivity contribution in [1.82, 2.24) is 0 Å². The zero-order valence-electron chi connectivity index (χ0n) is 27.6. The Morgan fingerprint density at radius 1 is 0.786 bits per heavy atom. The number of aliphatic hydroxyl groups is 2. The van der Waals surface area contributed by atoms with E-state index in [2.05, 4.69) is 103 Å². The third-order valence-corrected chi connectivity index (χ3v) is 7.86. The van der Waals surface area contributed by atoms with E-state index >= 15 is 0 Å². The van der Waals surface area contributed by atoms with Gasteiger partial charge in [0, 0.05) is 16.9 Å². The molecule has 0 radical (unpaired) electrons. The first-order valence-electron chi connectivity index (χ1n) is 15.1. The highest BCUT2D eigenvalue weighted by Crippen LogP contribution is 2.41. The second-order valence-corrected chi connectivity index (χ2v) is 13.3. The first kappa shape index (κ1) is 34.9. The summed E-state index contributed by atoms with van der Waals surface area (Å²) in [5.74, 6) is 13.6. The van der Waals surface area contributed by atoms with E-state index in [0.717, 1.165) is 52.7 Å². The van der Waals surface area contributed by atoms with Gasteiger partial charge in [-0.3, -0.25) is 0 Å². The van der Waals surface area contributed by atoms with Gasteiger partial charge >= 0.3 is 0 Å². The summed E-state index contributed by atoms with van der Waals surface area (Å²) in [5, 5.41) is 20.1. The van der Waals surface area contributed by atoms with E-state index < -0.39 is 0 Å². The van der Waals surface area contributed by atoms with Gasteiger partial charge in [-0.1, -0.05) is 141 Å². The molecular formula is C40H52O2. The summed E-state index contributed by atoms with van der Waals surface area (Å²) in [6, 6.07) is 0. The highest BCUT2D eigenvalue weighted by atomic mass is 16.3. The maximum absolute atomic E-state index is 10.1. The SMILES string of the molecule is CC1=C[C@@H](O)CC(C)(C)C1C#C/C(C)=C/C=C/C(C)=C/C=C/C=C(C)/C=C/C=C(\C)C#CC1=C(C)C[C@@H](O)CC1(C)C. The van der Waals surface area contributed by atoms with Crippen molar-refractivity contribution >= 4 is 0 Å². The van der Waals surface area contributed by atoms with Crippen LogP contribution in [0.1, 0.15) is 88.5 Å². The zero-order valence-corrected chi connectivity index (χ0v) is 27.6. The summed E-state index contributed by atoms with van der Waals surface area (Å²) in [7, 11) is 0. The summed E-state index contributed by atoms with van der Waals surface area (Å²) < 4.78 is 0. The van der Waals surface area contributed by atoms with E-state index in [4.69, 9.17) is 0 Å². The van der Waals surface area contributed by atoms with Crippen LogP contribution in [0.4, 0.5) is 0 Å². The van der Waals surface area contributed by atoms with Crippen molar-refractivity contribution in [3.63, 3.8) is 0 Å². The lowest BCUT2D eigenvalue weighted by Gasteiger charge is -2.37. The van der Waals surface area contributed by atoms with Crippen molar-refractivity contribution < 1.29 is 10.2 Å². The smallest absolute Gasteiger partial charge is 0.0729 e. The normalized spacial score (nSPS) is 25.4. The Morgan fingerprint density at radius 3 is 1.86 bits per heavy atom. The number of aliphatic hydroxyl groups excluding tert-OH is 2. The Labute approximate surface area is 256 Å². The van der Waals surface area contributed by atoms with Crippen molar-refractivity contribution in [1.29, 1.82) is 0 Å². The van der Waals surface area contributed by atoms with Crippen LogP contribution in [0.5, 0.6) is 0 Å². The predicted octanol–water partition coefficient (Wildman–Crippen LogP) is 9.30. The van der Waals surface area contributed by atoms with E-state index in [0.29, 0.717) is 0 Å². The number of hydrogen-bond acceptors (Lipinski definition) is 2. The van der Waals surface area contributed by atoms with Crippen molar-refractivity contribution in [2.75, 3.05) is 0 Å². The molecule has 0 aliphatic heterocycles. The Balaban J connectivity index is 1.93. The first-order chi connectivity index (χ1) is 19.6. The molecule has 2 nitrogen and oxygen atoms in total. The molecule has 224 valence electrons. The number of rotatable bonds is 6. The Hall–Kier alpha value is -3.30. The van der Waals surface area contributed by atoms with Gasteiger partial charge in [0.25, 0.3) is 0 Å². The third kappa shape index (κ3) is 11.5. The average Bonchev–Trinajstić information content (AvgIpc) is 2.84. The Morgan fingerprint density at radius 2 is 1.33 bits per heavy atom. The van der Waals surface area contributed by atoms with Crippen LogP contribution in [0.25, 0.3) is 0 Å². The molecule has 0 saturated heterocycles. The molecule has 0 fully saturated rings. The molecule has 0 amide bonds. The van der Waals surface area contributed by atoms with Gasteiger partial charge in [-0.05, 0) is 77.4 Å². The fourth-order valence-electron chi connectivity index (χ4n) is 5.76. The summed E-state index contributed by atoms with van der Waals surface area (Å²) in [6.45, 7) is 21.1. The summed E-state index contributed by atoms with van der Waals surface area (Å²) in [6.07, 6.45) is 24.1. The van der Waals surface area contributed by atoms with Crippen LogP contribution >= 0.6 is 0 Å². The zero-order chi connectivity index (χ0) is 31.5. The molecule has 2 aliphatic rings. The maximum Gasteiger partial charge on any atom is 0.0729 e. The standard InChI is InChI=1S/C40H52O2/c1-29(17-13-19-31(3)21-23-37-33(5)25-35(41)27-39(37,7)8)15-11-12-16-30(2)18-14-20-32(4)22-24-38-34(6)26-36(42)28-40(38,9)10/h11-20,25,35-37,41-42H,26-28H2,1-10H3/b12-11+,17-13+,18-14+,29-15+,30-16+,31-19+,32-20+/t35-,36-,37?/m1/s1. The van der Waals surface area contributed by atoms with Gasteiger partial charge in [0.2, 0.25) is 0 Å². The molecule has 0 aromatic heterocycles. The third-order valence-electron chi connectivity index (χ3n) is 7.86. The molecule has 2 heteroatoms. The summed E-state index contributed by atoms with van der Waals surface area (Å²) >= 11 is 0. The van der Waals surface area contributed by atoms with Crippen LogP contribution in [0.3, 0.4) is 0 Å². The molecule has 0 spiro atoms. The van der Waals surface area contributed by atoms with Crippen molar-refractivity contribution in [2.24, 2.45) is 16.7 Å². The number of allylic oxidation sites excluding steroid dienone is 16. The van der Waals surface area contributed by atoms with E-state index in [9.17, 15) is 10.2 Å². The lowest BCUT2D eigenvalue weighted by Crippen LogP contribution is -2.32. The molecule has 2 aliphatic carbocycles. The average molecular weight is 565 g/mol. The molecule has 42 heavy (non-hydrogen) atoms. The molecule has 0 heterocycles. The van der Waals surface area contributed by atoms with Crippen molar-refractivity contribution in [3.8, 4) is 23.7 Å². The van der Waals surface area contributed by atoms with Gasteiger partial charge in [-0.2, -0.15) is 0 Å². The minimum Gasteiger partial charge on any atom is -0.393 e. The lowest BCUT2D eigenvalue weighted by atomic mass is 9.68. The van der Waals surface area contributed by atoms with Crippen LogP contribution in [0.15, 0.2) is 106 Å². The van der Waals surface area contributed by atoms with Gasteiger partial charge in [-0.25, -0.2) is 0 Å². The molecule has 2 rings (SSSR count). The van der Waals surface area contributed by atoms with Crippen molar-refractivity contribution in [2.45, 2.75) is 101 Å². The fourth-order valence-corrected chi connectivity index (χ4v) is 5.76. The maximum atomic E-state index is 10.1. The van der Waals surface area contributed by atoms with Crippen LogP contribution in [-0.4, -0.2) is 22.4 Å². The van der Waals surface area contributed by atoms with E-state index in [1.54, 1.807) is 0 Å². The molecule has 0 saturated carbocycles. The molecule has 0 aromatic rings. The van der Waals surface area contributed by atoms with Crippen LogP contribution in [0.2, 0.25) is 0 Å².